The van der Waals surface area contributed by atoms with E-state index in [-0.39, 0.29) is 6.61 Å². The quantitative estimate of drug-likeness (QED) is 0.555. The van der Waals surface area contributed by atoms with Crippen molar-refractivity contribution in [3.63, 3.8) is 0 Å². The van der Waals surface area contributed by atoms with Crippen LogP contribution < -0.4 is 0 Å². The van der Waals surface area contributed by atoms with Gasteiger partial charge < -0.3 is 5.11 Å². The van der Waals surface area contributed by atoms with Crippen molar-refractivity contribution in [2.75, 3.05) is 6.61 Å². The van der Waals surface area contributed by atoms with Crippen LogP contribution in [0.4, 0.5) is 0 Å². The van der Waals surface area contributed by atoms with Crippen molar-refractivity contribution >= 4 is 0 Å². The highest BCUT2D eigenvalue weighted by Gasteiger charge is 1.93. The fourth-order valence-electron chi connectivity index (χ4n) is 0.436. The summed E-state index contributed by atoms with van der Waals surface area (Å²) in [6, 6.07) is 0. The second kappa shape index (κ2) is 5.65. The van der Waals surface area contributed by atoms with Gasteiger partial charge >= 0.3 is 0 Å². The molecule has 0 heterocycles. The number of hydrogen-bond donors (Lipinski definition) is 1. The molecule has 0 spiro atoms. The predicted octanol–water partition coefficient (Wildman–Crippen LogP) is 1.42. The van der Waals surface area contributed by atoms with Crippen LogP contribution in [0.5, 0.6) is 0 Å². The van der Waals surface area contributed by atoms with E-state index in [1.807, 2.05) is 13.8 Å². The molecule has 0 aromatic carbocycles. The molecule has 1 N–H and O–H groups in total. The van der Waals surface area contributed by atoms with Gasteiger partial charge in [0.15, 0.2) is 0 Å². The zero-order valence-corrected chi connectivity index (χ0v) is 6.15. The fraction of sp³-hybridized carbons (Fsp3) is 0.750. The minimum atomic E-state index is 0.248. The smallest absolute Gasteiger partial charge is 0.0465 e. The third-order valence-electron chi connectivity index (χ3n) is 1.06. The maximum absolute atomic E-state index is 8.57. The molecular weight excluding hydrogens is 112 g/mol. The highest BCUT2D eigenvalue weighted by molar-refractivity contribution is 4.98. The molecule has 0 aromatic rings. The summed E-state index contributed by atoms with van der Waals surface area (Å²) < 4.78 is 0. The molecule has 0 aliphatic heterocycles. The maximum Gasteiger partial charge on any atom is 0.0465 e. The Hall–Kier alpha value is -0.480. The maximum atomic E-state index is 8.57. The van der Waals surface area contributed by atoms with Crippen molar-refractivity contribution in [1.29, 1.82) is 0 Å². The van der Waals surface area contributed by atoms with Crippen LogP contribution in [0.3, 0.4) is 0 Å². The molecule has 1 heteroatoms. The van der Waals surface area contributed by atoms with Crippen molar-refractivity contribution in [2.24, 2.45) is 5.92 Å². The second-order valence-electron chi connectivity index (χ2n) is 2.20. The third kappa shape index (κ3) is 5.39. The van der Waals surface area contributed by atoms with Crippen molar-refractivity contribution in [2.45, 2.75) is 26.7 Å². The van der Waals surface area contributed by atoms with E-state index in [9.17, 15) is 0 Å². The van der Waals surface area contributed by atoms with Gasteiger partial charge in [-0.05, 0) is 5.92 Å². The summed E-state index contributed by atoms with van der Waals surface area (Å²) in [5.41, 5.74) is 0. The van der Waals surface area contributed by atoms with Gasteiger partial charge in [-0.15, -0.1) is 11.8 Å². The Morgan fingerprint density at radius 3 is 2.56 bits per heavy atom. The second-order valence-corrected chi connectivity index (χ2v) is 2.20. The Bertz CT molecular complexity index is 107. The first-order valence-corrected chi connectivity index (χ1v) is 3.37. The van der Waals surface area contributed by atoms with Crippen LogP contribution in [0, 0.1) is 17.8 Å². The molecule has 9 heavy (non-hydrogen) atoms. The van der Waals surface area contributed by atoms with Crippen LogP contribution >= 0.6 is 0 Å². The molecule has 0 bridgehead atoms. The van der Waals surface area contributed by atoms with Gasteiger partial charge in [0, 0.05) is 19.4 Å². The Kier molecular flexibility index (Phi) is 5.35. The zero-order chi connectivity index (χ0) is 7.11. The van der Waals surface area contributed by atoms with Gasteiger partial charge in [-0.1, -0.05) is 13.8 Å². The molecule has 0 saturated carbocycles. The largest absolute Gasteiger partial charge is 0.396 e. The first kappa shape index (κ1) is 8.52. The Labute approximate surface area is 57.1 Å². The molecule has 0 amide bonds. The SMILES string of the molecule is CCC#CCC(C)CO. The Morgan fingerprint density at radius 2 is 2.11 bits per heavy atom. The van der Waals surface area contributed by atoms with E-state index in [2.05, 4.69) is 11.8 Å². The summed E-state index contributed by atoms with van der Waals surface area (Å²) in [6.45, 7) is 4.26. The molecule has 1 atom stereocenters. The topological polar surface area (TPSA) is 20.2 Å². The minimum Gasteiger partial charge on any atom is -0.396 e. The van der Waals surface area contributed by atoms with Crippen LogP contribution in [-0.2, 0) is 0 Å². The first-order chi connectivity index (χ1) is 4.31. The molecule has 1 unspecified atom stereocenters. The van der Waals surface area contributed by atoms with E-state index < -0.39 is 0 Å². The van der Waals surface area contributed by atoms with Gasteiger partial charge in [-0.25, -0.2) is 0 Å². The predicted molar refractivity (Wildman–Crippen MR) is 38.9 cm³/mol. The number of hydrogen-bond acceptors (Lipinski definition) is 1. The number of rotatable bonds is 2. The van der Waals surface area contributed by atoms with Gasteiger partial charge in [0.25, 0.3) is 0 Å². The van der Waals surface area contributed by atoms with Crippen molar-refractivity contribution < 1.29 is 5.11 Å². The molecule has 0 aromatic heterocycles. The molecular formula is C8H14O. The average Bonchev–Trinajstić information content (AvgIpc) is 1.89. The molecule has 0 aliphatic rings. The van der Waals surface area contributed by atoms with Crippen LogP contribution in [-0.4, -0.2) is 11.7 Å². The van der Waals surface area contributed by atoms with E-state index in [1.54, 1.807) is 0 Å². The molecule has 1 nitrogen and oxygen atoms in total. The van der Waals surface area contributed by atoms with E-state index in [1.165, 1.54) is 0 Å². The lowest BCUT2D eigenvalue weighted by Gasteiger charge is -1.98. The highest BCUT2D eigenvalue weighted by Crippen LogP contribution is 1.96. The average molecular weight is 126 g/mol. The van der Waals surface area contributed by atoms with Crippen LogP contribution in [0.1, 0.15) is 26.7 Å². The van der Waals surface area contributed by atoms with E-state index in [0.717, 1.165) is 12.8 Å². The Balaban J connectivity index is 3.25. The van der Waals surface area contributed by atoms with Crippen LogP contribution in [0.15, 0.2) is 0 Å². The fourth-order valence-corrected chi connectivity index (χ4v) is 0.436. The summed E-state index contributed by atoms with van der Waals surface area (Å²) in [6.07, 6.45) is 1.74. The first-order valence-electron chi connectivity index (χ1n) is 3.37. The molecule has 0 saturated heterocycles. The summed E-state index contributed by atoms with van der Waals surface area (Å²) >= 11 is 0. The lowest BCUT2D eigenvalue weighted by atomic mass is 10.1. The van der Waals surface area contributed by atoms with Gasteiger partial charge in [0.2, 0.25) is 0 Å². The minimum absolute atomic E-state index is 0.248. The van der Waals surface area contributed by atoms with E-state index >= 15 is 0 Å². The molecule has 0 radical (unpaired) electrons. The van der Waals surface area contributed by atoms with E-state index in [0.29, 0.717) is 5.92 Å². The molecule has 0 fully saturated rings. The number of aliphatic hydroxyl groups excluding tert-OH is 1. The van der Waals surface area contributed by atoms with Gasteiger partial charge in [0.05, 0.1) is 0 Å². The van der Waals surface area contributed by atoms with Crippen molar-refractivity contribution in [3.05, 3.63) is 0 Å². The lowest BCUT2D eigenvalue weighted by Crippen LogP contribution is -1.97. The number of aliphatic hydroxyl groups is 1. The summed E-state index contributed by atoms with van der Waals surface area (Å²) in [5, 5.41) is 8.57. The van der Waals surface area contributed by atoms with Gasteiger partial charge in [0.1, 0.15) is 0 Å². The van der Waals surface area contributed by atoms with Crippen LogP contribution in [0.25, 0.3) is 0 Å². The lowest BCUT2D eigenvalue weighted by molar-refractivity contribution is 0.240. The van der Waals surface area contributed by atoms with Crippen molar-refractivity contribution in [3.8, 4) is 11.8 Å². The third-order valence-corrected chi connectivity index (χ3v) is 1.06. The van der Waals surface area contributed by atoms with Gasteiger partial charge in [-0.3, -0.25) is 0 Å². The molecule has 0 aliphatic carbocycles. The zero-order valence-electron chi connectivity index (χ0n) is 6.15. The monoisotopic (exact) mass is 126 g/mol. The molecule has 52 valence electrons. The summed E-state index contributed by atoms with van der Waals surface area (Å²) in [7, 11) is 0. The standard InChI is InChI=1S/C8H14O/c1-3-4-5-6-8(2)7-9/h8-9H,3,6-7H2,1-2H3. The summed E-state index contributed by atoms with van der Waals surface area (Å²) in [5.74, 6) is 6.27. The summed E-state index contributed by atoms with van der Waals surface area (Å²) in [4.78, 5) is 0. The highest BCUT2D eigenvalue weighted by atomic mass is 16.3. The van der Waals surface area contributed by atoms with Crippen LogP contribution in [0.2, 0.25) is 0 Å². The van der Waals surface area contributed by atoms with E-state index in [4.69, 9.17) is 5.11 Å². The normalized spacial score (nSPS) is 11.9. The van der Waals surface area contributed by atoms with Gasteiger partial charge in [-0.2, -0.15) is 0 Å². The van der Waals surface area contributed by atoms with Crippen molar-refractivity contribution in [1.82, 2.24) is 0 Å². The molecule has 0 rings (SSSR count). The Morgan fingerprint density at radius 1 is 1.44 bits per heavy atom.